The van der Waals surface area contributed by atoms with Crippen molar-refractivity contribution in [3.8, 4) is 5.75 Å². The molecule has 43 heavy (non-hydrogen) atoms. The number of thiophene rings is 1. The summed E-state index contributed by atoms with van der Waals surface area (Å²) in [6.45, 7) is 0.871. The van der Waals surface area contributed by atoms with Gasteiger partial charge < -0.3 is 29.6 Å². The summed E-state index contributed by atoms with van der Waals surface area (Å²) >= 11 is 1.02. The molecule has 3 N–H and O–H groups in total. The fourth-order valence-corrected chi connectivity index (χ4v) is 7.49. The summed E-state index contributed by atoms with van der Waals surface area (Å²) < 4.78 is 46.1. The van der Waals surface area contributed by atoms with E-state index in [0.29, 0.717) is 43.5 Å². The highest BCUT2D eigenvalue weighted by Gasteiger charge is 2.51. The van der Waals surface area contributed by atoms with Crippen molar-refractivity contribution in [1.29, 1.82) is 0 Å². The Morgan fingerprint density at radius 1 is 1.02 bits per heavy atom. The maximum absolute atomic E-state index is 14.2. The first-order chi connectivity index (χ1) is 20.4. The average molecular weight is 634 g/mol. The maximum Gasteiger partial charge on any atom is 0.399 e. The molecule has 3 aliphatic heterocycles. The largest absolute Gasteiger partial charge is 0.487 e. The lowest BCUT2D eigenvalue weighted by atomic mass is 10.0. The lowest BCUT2D eigenvalue weighted by molar-refractivity contribution is -0.151. The van der Waals surface area contributed by atoms with Crippen LogP contribution >= 0.6 is 18.9 Å². The van der Waals surface area contributed by atoms with E-state index < -0.39 is 36.8 Å². The third-order valence-electron chi connectivity index (χ3n) is 8.33. The minimum absolute atomic E-state index is 0.0839. The molecule has 10 nitrogen and oxygen atoms in total. The normalized spacial score (nSPS) is 23.1. The van der Waals surface area contributed by atoms with Crippen LogP contribution in [0, 0.1) is 0 Å². The van der Waals surface area contributed by atoms with Crippen LogP contribution in [-0.2, 0) is 19.8 Å². The van der Waals surface area contributed by atoms with E-state index in [9.17, 15) is 27.7 Å². The Bertz CT molecular complexity index is 1610. The number of ether oxygens (including phenoxy) is 1. The van der Waals surface area contributed by atoms with Crippen LogP contribution < -0.4 is 10.1 Å². The molecule has 3 aliphatic rings. The average Bonchev–Trinajstić information content (AvgIpc) is 3.54. The monoisotopic (exact) mass is 633 g/mol. The molecule has 3 fully saturated rings. The summed E-state index contributed by atoms with van der Waals surface area (Å²) in [5.41, 5.74) is -5.22. The number of alkyl halides is 2. The van der Waals surface area contributed by atoms with Gasteiger partial charge in [-0.2, -0.15) is 8.78 Å². The van der Waals surface area contributed by atoms with Crippen LogP contribution in [0.4, 0.5) is 8.78 Å². The maximum atomic E-state index is 14.2. The van der Waals surface area contributed by atoms with Crippen molar-refractivity contribution < 1.29 is 42.3 Å². The summed E-state index contributed by atoms with van der Waals surface area (Å²) in [6.07, 6.45) is 2.95. The minimum atomic E-state index is -5.74. The number of carbonyl (C=O) groups excluding carboxylic acids is 3. The van der Waals surface area contributed by atoms with E-state index in [-0.39, 0.29) is 34.2 Å². The molecule has 0 bridgehead atoms. The minimum Gasteiger partial charge on any atom is -0.487 e. The number of hydrogen-bond donors (Lipinski definition) is 3. The van der Waals surface area contributed by atoms with Gasteiger partial charge in [-0.1, -0.05) is 24.3 Å². The second-order valence-electron chi connectivity index (χ2n) is 11.2. The van der Waals surface area contributed by atoms with Crippen LogP contribution in [0.3, 0.4) is 0 Å². The first kappa shape index (κ1) is 29.7. The molecule has 0 radical (unpaired) electrons. The van der Waals surface area contributed by atoms with Crippen LogP contribution in [0.5, 0.6) is 5.75 Å². The zero-order chi connectivity index (χ0) is 30.5. The predicted octanol–water partition coefficient (Wildman–Crippen LogP) is 4.06. The van der Waals surface area contributed by atoms with Crippen molar-refractivity contribution in [3.05, 3.63) is 65.0 Å². The summed E-state index contributed by atoms with van der Waals surface area (Å²) in [4.78, 5) is 62.0. The fraction of sp³-hybridized carbons (Fsp3) is 0.414. The Balaban J connectivity index is 1.12. The highest BCUT2D eigenvalue weighted by molar-refractivity contribution is 7.52. The fourth-order valence-electron chi connectivity index (χ4n) is 6.07. The van der Waals surface area contributed by atoms with E-state index in [0.717, 1.165) is 35.6 Å². The summed E-state index contributed by atoms with van der Waals surface area (Å²) in [6, 6.07) is 12.3. The highest BCUT2D eigenvalue weighted by atomic mass is 32.1. The molecule has 1 aromatic heterocycles. The number of benzene rings is 2. The number of nitrogens with one attached hydrogen (secondary N) is 1. The van der Waals surface area contributed by atoms with E-state index in [1.807, 2.05) is 30.3 Å². The van der Waals surface area contributed by atoms with Gasteiger partial charge in [-0.15, -0.1) is 11.3 Å². The number of carbonyl (C=O) groups is 3. The van der Waals surface area contributed by atoms with Gasteiger partial charge in [0.05, 0.1) is 18.0 Å². The molecule has 0 aliphatic carbocycles. The molecule has 3 aromatic rings. The molecular formula is C29H30F2N3O7PS. The number of fused-ring (bicyclic) bond motifs is 2. The van der Waals surface area contributed by atoms with Gasteiger partial charge in [-0.25, -0.2) is 0 Å². The van der Waals surface area contributed by atoms with Crippen molar-refractivity contribution >= 4 is 46.7 Å². The van der Waals surface area contributed by atoms with E-state index >= 15 is 0 Å². The van der Waals surface area contributed by atoms with Crippen LogP contribution in [0.25, 0.3) is 10.1 Å². The molecule has 3 atom stereocenters. The van der Waals surface area contributed by atoms with E-state index in [4.69, 9.17) is 14.5 Å². The van der Waals surface area contributed by atoms with E-state index in [1.54, 1.807) is 9.80 Å². The molecule has 0 saturated carbocycles. The Kier molecular flexibility index (Phi) is 7.78. The van der Waals surface area contributed by atoms with Gasteiger partial charge >= 0.3 is 13.3 Å². The second kappa shape index (κ2) is 11.3. The van der Waals surface area contributed by atoms with Crippen molar-refractivity contribution in [2.24, 2.45) is 0 Å². The second-order valence-corrected chi connectivity index (χ2v) is 13.9. The topological polar surface area (TPSA) is 136 Å². The molecule has 0 unspecified atom stereocenters. The number of para-hydroxylation sites is 1. The lowest BCUT2D eigenvalue weighted by Crippen LogP contribution is -2.62. The third-order valence-corrected chi connectivity index (χ3v) is 10.4. The van der Waals surface area contributed by atoms with Crippen molar-refractivity contribution in [2.75, 3.05) is 13.1 Å². The molecule has 3 amide bonds. The Morgan fingerprint density at radius 2 is 1.77 bits per heavy atom. The number of rotatable bonds is 7. The van der Waals surface area contributed by atoms with Crippen molar-refractivity contribution in [3.63, 3.8) is 0 Å². The number of likely N-dealkylation sites (tertiary alicyclic amines) is 1. The summed E-state index contributed by atoms with van der Waals surface area (Å²) in [5.74, 6) is -0.260. The number of nitrogens with zero attached hydrogens (tertiary/aromatic N) is 2. The van der Waals surface area contributed by atoms with Crippen LogP contribution in [0.15, 0.2) is 54.6 Å². The molecular weight excluding hydrogens is 603 g/mol. The molecule has 2 aromatic carbocycles. The molecule has 0 spiro atoms. The van der Waals surface area contributed by atoms with Gasteiger partial charge in [-0.3, -0.25) is 18.9 Å². The van der Waals surface area contributed by atoms with E-state index in [2.05, 4.69) is 5.32 Å². The first-order valence-corrected chi connectivity index (χ1v) is 16.5. The van der Waals surface area contributed by atoms with Gasteiger partial charge in [0.15, 0.2) is 0 Å². The summed E-state index contributed by atoms with van der Waals surface area (Å²) in [7, 11) is -5.74. The predicted molar refractivity (Wildman–Crippen MR) is 154 cm³/mol. The highest BCUT2D eigenvalue weighted by Crippen LogP contribution is 2.59. The Morgan fingerprint density at radius 3 is 2.49 bits per heavy atom. The third kappa shape index (κ3) is 5.66. The van der Waals surface area contributed by atoms with Crippen LogP contribution in [-0.4, -0.2) is 74.6 Å². The van der Waals surface area contributed by atoms with Crippen LogP contribution in [0.1, 0.15) is 47.3 Å². The van der Waals surface area contributed by atoms with Gasteiger partial charge in [0.2, 0.25) is 11.8 Å². The molecule has 6 rings (SSSR count). The first-order valence-electron chi connectivity index (χ1n) is 14.0. The molecule has 3 saturated heterocycles. The zero-order valence-electron chi connectivity index (χ0n) is 22.9. The van der Waals surface area contributed by atoms with E-state index in [1.165, 1.54) is 12.1 Å². The number of hydrogen-bond acceptors (Lipinski definition) is 6. The zero-order valence-corrected chi connectivity index (χ0v) is 24.6. The smallest absolute Gasteiger partial charge is 0.399 e. The van der Waals surface area contributed by atoms with Gasteiger partial charge in [0.1, 0.15) is 23.9 Å². The SMILES string of the molecule is O=C(N[C@H]1CCC[C@H]2CC[C@@H](C(=O)N3CC(Oc4ccccc4)C3)N2C1=O)c1cc2cc(C(F)(F)P(=O)(O)O)ccc2s1. The molecule has 4 heterocycles. The number of halogens is 2. The van der Waals surface area contributed by atoms with Gasteiger partial charge in [0, 0.05) is 16.3 Å². The van der Waals surface area contributed by atoms with Gasteiger partial charge in [-0.05, 0) is 67.8 Å². The van der Waals surface area contributed by atoms with Gasteiger partial charge in [0.25, 0.3) is 5.91 Å². The quantitative estimate of drug-likeness (QED) is 0.334. The molecule has 228 valence electrons. The van der Waals surface area contributed by atoms with Crippen molar-refractivity contribution in [2.45, 2.75) is 62.0 Å². The van der Waals surface area contributed by atoms with Crippen LogP contribution in [0.2, 0.25) is 0 Å². The Labute approximate surface area is 249 Å². The Hall–Kier alpha value is -3.38. The molecule has 14 heteroatoms. The lowest BCUT2D eigenvalue weighted by Gasteiger charge is -2.42. The number of amides is 3. The standard InChI is InChI=1S/C29H30F2N3O7PS/c30-29(31,42(38,39)40)18-9-12-24-17(13-18)14-25(43-24)26(35)32-22-8-4-5-19-10-11-23(34(19)27(22)36)28(37)33-15-21(16-33)41-20-6-2-1-3-7-20/h1-3,6-7,9,12-14,19,21-23H,4-5,8,10-11,15-16H2,(H,32,35)(H2,38,39,40)/t19-,22-,23-/m0/s1. The summed E-state index contributed by atoms with van der Waals surface area (Å²) in [5, 5.41) is 3.01. The van der Waals surface area contributed by atoms with Crippen molar-refractivity contribution in [1.82, 2.24) is 15.1 Å².